The van der Waals surface area contributed by atoms with Crippen molar-refractivity contribution in [2.45, 2.75) is 47.3 Å². The predicted molar refractivity (Wildman–Crippen MR) is 250 cm³/mol. The summed E-state index contributed by atoms with van der Waals surface area (Å²) in [6.45, 7) is 8.07. The van der Waals surface area contributed by atoms with E-state index in [4.69, 9.17) is 13.9 Å². The maximum Gasteiger partial charge on any atom is 0.231 e. The monoisotopic (exact) mass is 1020 g/mol. The standard InChI is InChI=1S/2C19H16N3O.C13H9NO2.CH4.Ir/c2*1-13(2)23-19-12-11-18(14-7-3-4-8-15(14)19)22-20-16-9-5-6-10-17(16)21-22;15-11-7-3-1-5-9(11)13-14-10-6-2-4-8-12(10)16-13;;/h2*3-10,12-13H,1-2H3;1-8,15H;1H4;/q2*-1;;;. The molecule has 0 bridgehead atoms. The van der Waals surface area contributed by atoms with Gasteiger partial charge >= 0.3 is 0 Å². The average molecular weight is 1020 g/mol. The number of rotatable bonds is 7. The van der Waals surface area contributed by atoms with E-state index in [0.29, 0.717) is 11.5 Å². The Morgan fingerprint density at radius 3 is 1.30 bits per heavy atom. The number of phenolic OH excluding ortho intramolecular Hbond substituents is 1. The minimum absolute atomic E-state index is 0. The van der Waals surface area contributed by atoms with E-state index in [1.807, 2.05) is 167 Å². The van der Waals surface area contributed by atoms with E-state index in [9.17, 15) is 5.11 Å². The average Bonchev–Trinajstić information content (AvgIpc) is 4.04. The number of ether oxygens (including phenoxy) is 2. The molecule has 1 N–H and O–H groups in total. The zero-order valence-electron chi connectivity index (χ0n) is 34.8. The Morgan fingerprint density at radius 1 is 0.500 bits per heavy atom. The number of hydrogen-bond donors (Lipinski definition) is 1. The van der Waals surface area contributed by atoms with Gasteiger partial charge in [0.2, 0.25) is 5.89 Å². The summed E-state index contributed by atoms with van der Waals surface area (Å²) >= 11 is 0. The second-order valence-corrected chi connectivity index (χ2v) is 14.9. The topological polar surface area (TPSA) is 126 Å². The molecule has 0 saturated heterocycles. The van der Waals surface area contributed by atoms with Crippen LogP contribution in [0, 0.1) is 12.1 Å². The third-order valence-corrected chi connectivity index (χ3v) is 9.70. The number of aromatic nitrogens is 7. The molecule has 11 rings (SSSR count). The Hall–Kier alpha value is -7.40. The van der Waals surface area contributed by atoms with Crippen molar-refractivity contribution in [1.29, 1.82) is 0 Å². The molecule has 3 aromatic heterocycles. The Labute approximate surface area is 384 Å². The number of nitrogens with zero attached hydrogens (tertiary/aromatic N) is 7. The van der Waals surface area contributed by atoms with Gasteiger partial charge in [0.05, 0.1) is 17.8 Å². The molecule has 11 aromatic rings. The Bertz CT molecular complexity index is 3060. The molecular weight excluding hydrogens is 979 g/mol. The number of oxazole rings is 1. The van der Waals surface area contributed by atoms with Gasteiger partial charge in [0, 0.05) is 31.6 Å². The van der Waals surface area contributed by atoms with Crippen molar-refractivity contribution in [3.05, 3.63) is 170 Å². The van der Waals surface area contributed by atoms with Gasteiger partial charge in [-0.1, -0.05) is 114 Å². The Balaban J connectivity index is 0.000000144. The molecule has 3 heterocycles. The van der Waals surface area contributed by atoms with Crippen molar-refractivity contribution in [3.63, 3.8) is 0 Å². The van der Waals surface area contributed by atoms with E-state index < -0.39 is 0 Å². The normalized spacial score (nSPS) is 10.9. The second-order valence-electron chi connectivity index (χ2n) is 14.9. The number of para-hydroxylation sites is 3. The van der Waals surface area contributed by atoms with Crippen LogP contribution in [0.1, 0.15) is 35.1 Å². The number of hydrogen-bond acceptors (Lipinski definition) is 9. The van der Waals surface area contributed by atoms with Crippen molar-refractivity contribution in [2.75, 3.05) is 0 Å². The number of aromatic hydroxyl groups is 1. The smallest absolute Gasteiger partial charge is 0.231 e. The first-order valence-electron chi connectivity index (χ1n) is 20.3. The molecule has 64 heavy (non-hydrogen) atoms. The van der Waals surface area contributed by atoms with Crippen LogP contribution in [0.25, 0.3) is 77.5 Å². The fourth-order valence-electron chi connectivity index (χ4n) is 6.98. The summed E-state index contributed by atoms with van der Waals surface area (Å²) in [5.74, 6) is 2.28. The van der Waals surface area contributed by atoms with Crippen LogP contribution < -0.4 is 9.47 Å². The summed E-state index contributed by atoms with van der Waals surface area (Å²) in [6.07, 6.45) is 0.228. The molecule has 0 unspecified atom stereocenters. The van der Waals surface area contributed by atoms with Gasteiger partial charge < -0.3 is 19.0 Å². The maximum atomic E-state index is 9.69. The fourth-order valence-corrected chi connectivity index (χ4v) is 6.98. The third-order valence-electron chi connectivity index (χ3n) is 9.70. The predicted octanol–water partition coefficient (Wildman–Crippen LogP) is 12.2. The summed E-state index contributed by atoms with van der Waals surface area (Å²) < 4.78 is 17.4. The van der Waals surface area contributed by atoms with E-state index in [1.54, 1.807) is 27.8 Å². The van der Waals surface area contributed by atoms with Crippen LogP contribution in [0.15, 0.2) is 162 Å². The summed E-state index contributed by atoms with van der Waals surface area (Å²) in [4.78, 5) is 7.61. The molecule has 323 valence electrons. The molecular formula is C52H45IrN7O4-2. The van der Waals surface area contributed by atoms with Gasteiger partial charge in [-0.2, -0.15) is 42.1 Å². The van der Waals surface area contributed by atoms with Crippen LogP contribution in [-0.4, -0.2) is 52.3 Å². The van der Waals surface area contributed by atoms with Crippen LogP contribution in [0.4, 0.5) is 0 Å². The minimum atomic E-state index is 0. The van der Waals surface area contributed by atoms with E-state index in [0.717, 1.165) is 77.6 Å². The molecule has 0 atom stereocenters. The molecule has 0 saturated carbocycles. The van der Waals surface area contributed by atoms with Crippen molar-refractivity contribution < 1.29 is 39.1 Å². The molecule has 0 aliphatic rings. The Morgan fingerprint density at radius 2 is 0.875 bits per heavy atom. The second kappa shape index (κ2) is 19.8. The van der Waals surface area contributed by atoms with Gasteiger partial charge in [-0.3, -0.25) is 0 Å². The largest absolute Gasteiger partial charge is 0.548 e. The molecule has 0 amide bonds. The summed E-state index contributed by atoms with van der Waals surface area (Å²) in [7, 11) is 0. The van der Waals surface area contributed by atoms with Crippen LogP contribution in [-0.2, 0) is 20.1 Å². The van der Waals surface area contributed by atoms with Gasteiger partial charge in [0.25, 0.3) is 0 Å². The first-order valence-corrected chi connectivity index (χ1v) is 20.3. The molecule has 0 aliphatic carbocycles. The fraction of sp³-hybridized carbons (Fsp3) is 0.135. The SMILES string of the molecule is C.CC(C)Oc1c[c-]c(-n2nc3ccccc3n2)c2ccccc12.CC(C)Oc1c[c-]c(-n2nc3ccccc3n2)c2ccccc12.Oc1ccccc1-c1nc2ccccc2o1.[Ir]. The van der Waals surface area contributed by atoms with Crippen LogP contribution in [0.5, 0.6) is 17.2 Å². The molecule has 11 nitrogen and oxygen atoms in total. The van der Waals surface area contributed by atoms with Crippen molar-refractivity contribution in [1.82, 2.24) is 35.0 Å². The molecule has 0 aliphatic heterocycles. The maximum absolute atomic E-state index is 9.69. The Kier molecular flexibility index (Phi) is 13.8. The van der Waals surface area contributed by atoms with Crippen molar-refractivity contribution in [3.8, 4) is 40.1 Å². The quantitative estimate of drug-likeness (QED) is 0.155. The molecule has 0 spiro atoms. The zero-order valence-corrected chi connectivity index (χ0v) is 37.2. The van der Waals surface area contributed by atoms with Crippen LogP contribution in [0.2, 0.25) is 0 Å². The molecule has 8 aromatic carbocycles. The van der Waals surface area contributed by atoms with Gasteiger partial charge in [-0.15, -0.1) is 24.3 Å². The van der Waals surface area contributed by atoms with E-state index in [2.05, 4.69) is 37.5 Å². The number of benzene rings is 8. The minimum Gasteiger partial charge on any atom is -0.548 e. The van der Waals surface area contributed by atoms with E-state index in [1.165, 1.54) is 0 Å². The van der Waals surface area contributed by atoms with E-state index in [-0.39, 0.29) is 45.5 Å². The first-order chi connectivity index (χ1) is 30.3. The number of fused-ring (bicyclic) bond motifs is 5. The van der Waals surface area contributed by atoms with Crippen molar-refractivity contribution in [2.24, 2.45) is 0 Å². The molecule has 0 fully saturated rings. The summed E-state index contributed by atoms with van der Waals surface area (Å²) in [5.41, 5.74) is 7.25. The van der Waals surface area contributed by atoms with E-state index >= 15 is 0 Å². The van der Waals surface area contributed by atoms with Gasteiger partial charge in [0.15, 0.2) is 5.58 Å². The van der Waals surface area contributed by atoms with Gasteiger partial charge in [-0.25, -0.2) is 4.98 Å². The summed E-state index contributed by atoms with van der Waals surface area (Å²) in [5, 5.41) is 32.0. The van der Waals surface area contributed by atoms with Gasteiger partial charge in [0.1, 0.15) is 33.3 Å². The third kappa shape index (κ3) is 9.48. The first kappa shape index (κ1) is 44.6. The van der Waals surface area contributed by atoms with Crippen LogP contribution >= 0.6 is 0 Å². The number of phenols is 1. The zero-order chi connectivity index (χ0) is 42.6. The summed E-state index contributed by atoms with van der Waals surface area (Å²) in [6, 6.07) is 56.7. The van der Waals surface area contributed by atoms with Crippen molar-refractivity contribution >= 4 is 54.7 Å². The molecule has 12 heteroatoms. The van der Waals surface area contributed by atoms with Crippen LogP contribution in [0.3, 0.4) is 0 Å². The van der Waals surface area contributed by atoms with Gasteiger partial charge in [-0.05, 0) is 87.6 Å². The molecule has 1 radical (unpaired) electrons.